The van der Waals surface area contributed by atoms with Gasteiger partial charge in [-0.15, -0.1) is 0 Å². The SMILES string of the molecule is CCCN1C(=O)N2C[C@@H](Cc3ccccc3)NC2=C2NC=NC21. The Kier molecular flexibility index (Phi) is 3.44. The predicted octanol–water partition coefficient (Wildman–Crippen LogP) is 1.48. The van der Waals surface area contributed by atoms with Crippen molar-refractivity contribution in [3.63, 3.8) is 0 Å². The summed E-state index contributed by atoms with van der Waals surface area (Å²) in [4.78, 5) is 20.9. The number of nitrogens with zero attached hydrogens (tertiary/aromatic N) is 3. The van der Waals surface area contributed by atoms with E-state index in [1.54, 1.807) is 6.34 Å². The second kappa shape index (κ2) is 5.61. The quantitative estimate of drug-likeness (QED) is 0.885. The maximum atomic E-state index is 12.8. The molecule has 120 valence electrons. The van der Waals surface area contributed by atoms with Gasteiger partial charge in [0.05, 0.1) is 6.34 Å². The minimum atomic E-state index is -0.198. The molecule has 1 aromatic carbocycles. The molecule has 3 aliphatic heterocycles. The third-order valence-electron chi connectivity index (χ3n) is 4.52. The first-order valence-corrected chi connectivity index (χ1v) is 8.19. The molecular weight excluding hydrogens is 290 g/mol. The lowest BCUT2D eigenvalue weighted by atomic mass is 10.1. The highest BCUT2D eigenvalue weighted by Gasteiger charge is 2.44. The lowest BCUT2D eigenvalue weighted by molar-refractivity contribution is 0.146. The van der Waals surface area contributed by atoms with Gasteiger partial charge in [0, 0.05) is 19.1 Å². The summed E-state index contributed by atoms with van der Waals surface area (Å²) >= 11 is 0. The molecule has 1 aromatic rings. The van der Waals surface area contributed by atoms with Crippen LogP contribution < -0.4 is 10.6 Å². The van der Waals surface area contributed by atoms with Gasteiger partial charge in [-0.25, -0.2) is 9.79 Å². The molecule has 0 radical (unpaired) electrons. The second-order valence-electron chi connectivity index (χ2n) is 6.18. The highest BCUT2D eigenvalue weighted by atomic mass is 16.2. The molecule has 23 heavy (non-hydrogen) atoms. The van der Waals surface area contributed by atoms with Gasteiger partial charge in [0.25, 0.3) is 0 Å². The van der Waals surface area contributed by atoms with E-state index in [1.807, 2.05) is 15.9 Å². The lowest BCUT2D eigenvalue weighted by Crippen LogP contribution is -2.52. The molecule has 2 N–H and O–H groups in total. The van der Waals surface area contributed by atoms with E-state index in [0.717, 1.165) is 30.9 Å². The molecule has 4 rings (SSSR count). The van der Waals surface area contributed by atoms with E-state index in [4.69, 9.17) is 0 Å². The molecule has 1 fully saturated rings. The molecule has 0 bridgehead atoms. The number of rotatable bonds is 4. The molecule has 2 atom stereocenters. The third kappa shape index (κ3) is 2.34. The number of fused-ring (bicyclic) bond motifs is 2. The van der Waals surface area contributed by atoms with Crippen molar-refractivity contribution >= 4 is 12.4 Å². The second-order valence-corrected chi connectivity index (χ2v) is 6.18. The number of urea groups is 1. The van der Waals surface area contributed by atoms with Crippen molar-refractivity contribution in [3.05, 3.63) is 47.4 Å². The van der Waals surface area contributed by atoms with Crippen LogP contribution in [-0.2, 0) is 6.42 Å². The lowest BCUT2D eigenvalue weighted by Gasteiger charge is -2.36. The van der Waals surface area contributed by atoms with E-state index in [-0.39, 0.29) is 18.2 Å². The number of benzene rings is 1. The first-order chi connectivity index (χ1) is 11.3. The fourth-order valence-corrected chi connectivity index (χ4v) is 3.51. The molecule has 0 spiro atoms. The summed E-state index contributed by atoms with van der Waals surface area (Å²) in [6, 6.07) is 10.7. The Balaban J connectivity index is 1.58. The standard InChI is InChI=1S/C17H21N5O/c1-2-8-21-15-14(18-11-19-15)16-20-13(10-22(16)17(21)23)9-12-6-4-3-5-7-12/h3-7,11,13,15,20H,2,8-10H2,1H3,(H,18,19)/t13-,15?/m1/s1. The smallest absolute Gasteiger partial charge is 0.327 e. The van der Waals surface area contributed by atoms with E-state index in [2.05, 4.69) is 46.8 Å². The summed E-state index contributed by atoms with van der Waals surface area (Å²) in [7, 11) is 0. The Morgan fingerprint density at radius 1 is 1.30 bits per heavy atom. The van der Waals surface area contributed by atoms with Gasteiger partial charge >= 0.3 is 6.03 Å². The van der Waals surface area contributed by atoms with Crippen LogP contribution in [0, 0.1) is 0 Å². The minimum Gasteiger partial charge on any atom is -0.365 e. The van der Waals surface area contributed by atoms with Crippen LogP contribution in [0.15, 0.2) is 46.8 Å². The minimum absolute atomic E-state index is 0.0551. The van der Waals surface area contributed by atoms with E-state index >= 15 is 0 Å². The zero-order chi connectivity index (χ0) is 15.8. The zero-order valence-electron chi connectivity index (χ0n) is 13.2. The van der Waals surface area contributed by atoms with Crippen LogP contribution in [0.2, 0.25) is 0 Å². The molecule has 0 aromatic heterocycles. The van der Waals surface area contributed by atoms with Crippen LogP contribution in [0.1, 0.15) is 18.9 Å². The van der Waals surface area contributed by atoms with Gasteiger partial charge in [0.2, 0.25) is 0 Å². The number of nitrogens with one attached hydrogen (secondary N) is 2. The molecule has 1 saturated heterocycles. The Hall–Kier alpha value is -2.50. The van der Waals surface area contributed by atoms with Crippen LogP contribution in [0.3, 0.4) is 0 Å². The zero-order valence-corrected chi connectivity index (χ0v) is 13.2. The molecule has 0 aliphatic carbocycles. The summed E-state index contributed by atoms with van der Waals surface area (Å²) in [6.45, 7) is 3.50. The van der Waals surface area contributed by atoms with Gasteiger partial charge in [0.15, 0.2) is 6.17 Å². The van der Waals surface area contributed by atoms with Gasteiger partial charge < -0.3 is 10.6 Å². The van der Waals surface area contributed by atoms with Gasteiger partial charge in [-0.3, -0.25) is 9.80 Å². The molecule has 0 saturated carbocycles. The van der Waals surface area contributed by atoms with Crippen molar-refractivity contribution in [2.75, 3.05) is 13.1 Å². The number of carbonyl (C=O) groups is 1. The van der Waals surface area contributed by atoms with Crippen molar-refractivity contribution in [2.24, 2.45) is 4.99 Å². The molecule has 6 heteroatoms. The predicted molar refractivity (Wildman–Crippen MR) is 88.6 cm³/mol. The average molecular weight is 311 g/mol. The summed E-state index contributed by atoms with van der Waals surface area (Å²) in [6.07, 6.45) is 3.32. The van der Waals surface area contributed by atoms with Gasteiger partial charge in [-0.1, -0.05) is 37.3 Å². The summed E-state index contributed by atoms with van der Waals surface area (Å²) < 4.78 is 0. The molecular formula is C17H21N5O. The number of aliphatic imine (C=N–C) groups is 1. The third-order valence-corrected chi connectivity index (χ3v) is 4.52. The maximum Gasteiger partial charge on any atom is 0.327 e. The fraction of sp³-hybridized carbons (Fsp3) is 0.412. The highest BCUT2D eigenvalue weighted by molar-refractivity contribution is 5.81. The first-order valence-electron chi connectivity index (χ1n) is 8.19. The van der Waals surface area contributed by atoms with Crippen molar-refractivity contribution < 1.29 is 4.79 Å². The Morgan fingerprint density at radius 3 is 2.91 bits per heavy atom. The molecule has 2 amide bonds. The molecule has 6 nitrogen and oxygen atoms in total. The van der Waals surface area contributed by atoms with Crippen LogP contribution in [0.4, 0.5) is 4.79 Å². The maximum absolute atomic E-state index is 12.8. The van der Waals surface area contributed by atoms with Crippen LogP contribution in [0.25, 0.3) is 0 Å². The largest absolute Gasteiger partial charge is 0.365 e. The van der Waals surface area contributed by atoms with Crippen molar-refractivity contribution in [1.29, 1.82) is 0 Å². The summed E-state index contributed by atoms with van der Waals surface area (Å²) in [5.74, 6) is 0.894. The topological polar surface area (TPSA) is 60.0 Å². The fourth-order valence-electron chi connectivity index (χ4n) is 3.51. The van der Waals surface area contributed by atoms with Crippen LogP contribution >= 0.6 is 0 Å². The monoisotopic (exact) mass is 311 g/mol. The number of hydrogen-bond acceptors (Lipinski definition) is 4. The number of hydrogen-bond donors (Lipinski definition) is 2. The van der Waals surface area contributed by atoms with Gasteiger partial charge in [-0.2, -0.15) is 0 Å². The van der Waals surface area contributed by atoms with E-state index in [1.165, 1.54) is 5.56 Å². The average Bonchev–Trinajstić information content (AvgIpc) is 3.19. The summed E-state index contributed by atoms with van der Waals surface area (Å²) in [5.41, 5.74) is 2.27. The molecule has 1 unspecified atom stereocenters. The van der Waals surface area contributed by atoms with Gasteiger partial charge in [0.1, 0.15) is 11.5 Å². The Morgan fingerprint density at radius 2 is 2.13 bits per heavy atom. The van der Waals surface area contributed by atoms with E-state index in [0.29, 0.717) is 6.54 Å². The number of carbonyl (C=O) groups excluding carboxylic acids is 1. The molecule has 3 heterocycles. The van der Waals surface area contributed by atoms with Crippen molar-refractivity contribution in [3.8, 4) is 0 Å². The number of amides is 2. The Bertz CT molecular complexity index is 669. The van der Waals surface area contributed by atoms with Crippen LogP contribution in [-0.4, -0.2) is 47.5 Å². The summed E-state index contributed by atoms with van der Waals surface area (Å²) in [5, 5.41) is 6.73. The van der Waals surface area contributed by atoms with E-state index in [9.17, 15) is 4.79 Å². The molecule has 3 aliphatic rings. The van der Waals surface area contributed by atoms with Crippen LogP contribution in [0.5, 0.6) is 0 Å². The van der Waals surface area contributed by atoms with Crippen molar-refractivity contribution in [1.82, 2.24) is 20.4 Å². The normalized spacial score (nSPS) is 25.3. The van der Waals surface area contributed by atoms with Gasteiger partial charge in [-0.05, 0) is 18.4 Å². The highest BCUT2D eigenvalue weighted by Crippen LogP contribution is 2.30. The van der Waals surface area contributed by atoms with Crippen molar-refractivity contribution in [2.45, 2.75) is 32.0 Å². The Labute approximate surface area is 135 Å². The first kappa shape index (κ1) is 14.1. The van der Waals surface area contributed by atoms with E-state index < -0.39 is 0 Å².